The highest BCUT2D eigenvalue weighted by Crippen LogP contribution is 2.24. The summed E-state index contributed by atoms with van der Waals surface area (Å²) in [6.07, 6.45) is 5.68. The van der Waals surface area contributed by atoms with Gasteiger partial charge >= 0.3 is 0 Å². The van der Waals surface area contributed by atoms with Crippen molar-refractivity contribution in [1.82, 2.24) is 9.97 Å². The van der Waals surface area contributed by atoms with Crippen LogP contribution < -0.4 is 5.73 Å². The summed E-state index contributed by atoms with van der Waals surface area (Å²) in [5.41, 5.74) is 6.90. The number of nitrogens with two attached hydrogens (primary N) is 1. The van der Waals surface area contributed by atoms with Gasteiger partial charge in [0.15, 0.2) is 0 Å². The molecule has 0 atom stereocenters. The summed E-state index contributed by atoms with van der Waals surface area (Å²) >= 11 is 4.84. The van der Waals surface area contributed by atoms with Crippen molar-refractivity contribution in [3.8, 4) is 0 Å². The molecule has 0 radical (unpaired) electrons. The number of aromatic amines is 1. The second-order valence-electron chi connectivity index (χ2n) is 5.00. The summed E-state index contributed by atoms with van der Waals surface area (Å²) in [6, 6.07) is 0. The second kappa shape index (κ2) is 5.43. The first-order chi connectivity index (χ1) is 7.43. The molecule has 0 fully saturated rings. The highest BCUT2D eigenvalue weighted by molar-refractivity contribution is 7.80. The largest absolute Gasteiger partial charge is 0.393 e. The van der Waals surface area contributed by atoms with Crippen LogP contribution in [0.5, 0.6) is 0 Å². The van der Waals surface area contributed by atoms with E-state index in [2.05, 4.69) is 30.7 Å². The van der Waals surface area contributed by atoms with E-state index in [1.807, 2.05) is 6.20 Å². The van der Waals surface area contributed by atoms with Crippen LogP contribution in [0.3, 0.4) is 0 Å². The number of nitrogens with zero attached hydrogens (tertiary/aromatic N) is 1. The molecule has 1 rings (SSSR count). The number of thiocarbonyl (C=S) groups is 1. The lowest BCUT2D eigenvalue weighted by Crippen LogP contribution is -2.13. The molecule has 0 aliphatic heterocycles. The number of aryl methyl sites for hydroxylation is 1. The summed E-state index contributed by atoms with van der Waals surface area (Å²) in [4.78, 5) is 8.27. The Morgan fingerprint density at radius 1 is 1.56 bits per heavy atom. The lowest BCUT2D eigenvalue weighted by Gasteiger charge is -2.20. The van der Waals surface area contributed by atoms with Gasteiger partial charge in [0.05, 0.1) is 10.7 Å². The van der Waals surface area contributed by atoms with Crippen LogP contribution in [-0.2, 0) is 12.8 Å². The highest BCUT2D eigenvalue weighted by atomic mass is 32.1. The van der Waals surface area contributed by atoms with Crippen LogP contribution in [0.15, 0.2) is 6.20 Å². The van der Waals surface area contributed by atoms with E-state index in [1.165, 1.54) is 0 Å². The summed E-state index contributed by atoms with van der Waals surface area (Å²) in [5, 5.41) is 0. The fourth-order valence-corrected chi connectivity index (χ4v) is 1.58. The van der Waals surface area contributed by atoms with Crippen LogP contribution in [0.25, 0.3) is 0 Å². The average molecular weight is 239 g/mol. The van der Waals surface area contributed by atoms with Gasteiger partial charge in [-0.2, -0.15) is 0 Å². The first-order valence-electron chi connectivity index (χ1n) is 5.74. The Kier molecular flexibility index (Phi) is 4.47. The predicted molar refractivity (Wildman–Crippen MR) is 71.5 cm³/mol. The van der Waals surface area contributed by atoms with Crippen LogP contribution in [0.2, 0.25) is 0 Å². The Bertz CT molecular complexity index is 355. The first kappa shape index (κ1) is 13.2. The Morgan fingerprint density at radius 3 is 2.81 bits per heavy atom. The summed E-state index contributed by atoms with van der Waals surface area (Å²) in [6.45, 7) is 6.73. The molecule has 0 aromatic carbocycles. The van der Waals surface area contributed by atoms with E-state index in [9.17, 15) is 0 Å². The minimum Gasteiger partial charge on any atom is -0.393 e. The monoisotopic (exact) mass is 239 g/mol. The second-order valence-corrected chi connectivity index (χ2v) is 5.52. The summed E-state index contributed by atoms with van der Waals surface area (Å²) in [5.74, 6) is 0.981. The Hall–Kier alpha value is -0.900. The number of aromatic nitrogens is 2. The lowest BCUT2D eigenvalue weighted by atomic mass is 9.85. The van der Waals surface area contributed by atoms with Gasteiger partial charge in [-0.15, -0.1) is 0 Å². The number of imidazole rings is 1. The minimum atomic E-state index is 0.315. The Morgan fingerprint density at radius 2 is 2.25 bits per heavy atom. The van der Waals surface area contributed by atoms with Crippen molar-refractivity contribution in [1.29, 1.82) is 0 Å². The van der Waals surface area contributed by atoms with Gasteiger partial charge < -0.3 is 10.7 Å². The molecule has 0 saturated carbocycles. The van der Waals surface area contributed by atoms with E-state index in [0.29, 0.717) is 10.4 Å². The normalized spacial score (nSPS) is 11.7. The van der Waals surface area contributed by atoms with Crippen molar-refractivity contribution in [3.05, 3.63) is 17.7 Å². The lowest BCUT2D eigenvalue weighted by molar-refractivity contribution is 0.346. The molecule has 0 saturated heterocycles. The molecule has 0 bridgehead atoms. The maximum Gasteiger partial charge on any atom is 0.106 e. The van der Waals surface area contributed by atoms with E-state index in [4.69, 9.17) is 18.0 Å². The number of H-pyrrole nitrogens is 1. The summed E-state index contributed by atoms with van der Waals surface area (Å²) in [7, 11) is 0. The molecular weight excluding hydrogens is 218 g/mol. The third-order valence-electron chi connectivity index (χ3n) is 2.91. The molecule has 0 unspecified atom stereocenters. The molecule has 3 nitrogen and oxygen atoms in total. The van der Waals surface area contributed by atoms with Gasteiger partial charge in [-0.05, 0) is 11.8 Å². The van der Waals surface area contributed by atoms with Crippen molar-refractivity contribution in [2.24, 2.45) is 11.1 Å². The van der Waals surface area contributed by atoms with E-state index in [0.717, 1.165) is 37.2 Å². The number of hydrogen-bond donors (Lipinski definition) is 2. The van der Waals surface area contributed by atoms with E-state index < -0.39 is 0 Å². The third kappa shape index (κ3) is 4.31. The van der Waals surface area contributed by atoms with Crippen LogP contribution in [0, 0.1) is 5.41 Å². The van der Waals surface area contributed by atoms with Crippen molar-refractivity contribution in [3.63, 3.8) is 0 Å². The van der Waals surface area contributed by atoms with Crippen molar-refractivity contribution in [2.75, 3.05) is 0 Å². The van der Waals surface area contributed by atoms with Crippen molar-refractivity contribution >= 4 is 17.2 Å². The maximum absolute atomic E-state index is 5.46. The van der Waals surface area contributed by atoms with E-state index in [1.54, 1.807) is 0 Å². The quantitative estimate of drug-likeness (QED) is 0.750. The van der Waals surface area contributed by atoms with E-state index >= 15 is 0 Å². The molecule has 16 heavy (non-hydrogen) atoms. The highest BCUT2D eigenvalue weighted by Gasteiger charge is 2.17. The molecule has 0 aliphatic rings. The van der Waals surface area contributed by atoms with Crippen LogP contribution in [-0.4, -0.2) is 15.0 Å². The zero-order valence-corrected chi connectivity index (χ0v) is 11.2. The van der Waals surface area contributed by atoms with Gasteiger partial charge in [0.2, 0.25) is 0 Å². The maximum atomic E-state index is 5.46. The molecule has 0 aliphatic carbocycles. The third-order valence-corrected chi connectivity index (χ3v) is 3.11. The van der Waals surface area contributed by atoms with Crippen LogP contribution in [0.4, 0.5) is 0 Å². The van der Waals surface area contributed by atoms with Crippen molar-refractivity contribution < 1.29 is 0 Å². The zero-order chi connectivity index (χ0) is 12.2. The molecule has 1 heterocycles. The standard InChI is InChI=1S/C12H21N3S/c1-4-12(2,3)7-9-8-14-11(15-9)6-5-10(13)16/h8H,4-7H2,1-3H3,(H2,13,16)(H,14,15). The smallest absolute Gasteiger partial charge is 0.106 e. The van der Waals surface area contributed by atoms with Gasteiger partial charge in [0.25, 0.3) is 0 Å². The number of rotatable bonds is 6. The fourth-order valence-electron chi connectivity index (χ4n) is 1.48. The molecule has 0 amide bonds. The number of hydrogen-bond acceptors (Lipinski definition) is 2. The average Bonchev–Trinajstić information content (AvgIpc) is 2.62. The van der Waals surface area contributed by atoms with Gasteiger partial charge in [0, 0.05) is 19.0 Å². The molecule has 4 heteroatoms. The van der Waals surface area contributed by atoms with Crippen molar-refractivity contribution in [2.45, 2.75) is 46.5 Å². The molecule has 1 aromatic heterocycles. The molecule has 3 N–H and O–H groups in total. The first-order valence-corrected chi connectivity index (χ1v) is 6.15. The number of nitrogens with one attached hydrogen (secondary N) is 1. The van der Waals surface area contributed by atoms with Gasteiger partial charge in [0.1, 0.15) is 5.82 Å². The molecule has 0 spiro atoms. The molecule has 1 aromatic rings. The topological polar surface area (TPSA) is 54.7 Å². The van der Waals surface area contributed by atoms with Gasteiger partial charge in [-0.1, -0.05) is 39.4 Å². The van der Waals surface area contributed by atoms with Gasteiger partial charge in [-0.3, -0.25) is 0 Å². The Labute approximate surface area is 103 Å². The molecule has 90 valence electrons. The SMILES string of the molecule is CCC(C)(C)Cc1c[nH]c(CCC(N)=S)n1. The van der Waals surface area contributed by atoms with Crippen LogP contribution in [0.1, 0.15) is 45.1 Å². The predicted octanol–water partition coefficient (Wildman–Crippen LogP) is 2.61. The Balaban J connectivity index is 2.54. The zero-order valence-electron chi connectivity index (χ0n) is 10.3. The van der Waals surface area contributed by atoms with Gasteiger partial charge in [-0.25, -0.2) is 4.98 Å². The van der Waals surface area contributed by atoms with Crippen LogP contribution >= 0.6 is 12.2 Å². The molecular formula is C12H21N3S. The minimum absolute atomic E-state index is 0.315. The summed E-state index contributed by atoms with van der Waals surface area (Å²) < 4.78 is 0. The fraction of sp³-hybridized carbons (Fsp3) is 0.667. The van der Waals surface area contributed by atoms with E-state index in [-0.39, 0.29) is 0 Å².